The van der Waals surface area contributed by atoms with Crippen LogP contribution in [0.1, 0.15) is 23.0 Å². The highest BCUT2D eigenvalue weighted by atomic mass is 32.2. The lowest BCUT2D eigenvalue weighted by molar-refractivity contribution is 0.563. The van der Waals surface area contributed by atoms with Crippen molar-refractivity contribution in [3.8, 4) is 6.07 Å². The van der Waals surface area contributed by atoms with Gasteiger partial charge in [-0.2, -0.15) is 9.98 Å². The van der Waals surface area contributed by atoms with Gasteiger partial charge in [0.2, 0.25) is 10.0 Å². The Balaban J connectivity index is 1.81. The third-order valence-corrected chi connectivity index (χ3v) is 6.22. The molecule has 7 heteroatoms. The molecule has 0 aliphatic heterocycles. The minimum atomic E-state index is -3.85. The number of imidazole rings is 1. The smallest absolute Gasteiger partial charge is 0.241 e. The number of nitrogens with one attached hydrogen (secondary N) is 1. The van der Waals surface area contributed by atoms with Gasteiger partial charge in [0, 0.05) is 7.05 Å². The molecule has 4 rings (SSSR count). The molecule has 1 unspecified atom stereocenters. The standard InChI is InChI=1S/C22H18N4O2S/c1-26-20-10-6-5-9-19(20)24-22(26)21(17-7-3-2-4-8-17)25-29(27,28)18-13-11-16(15-23)12-14-18/h2-14,21,25H,1H3. The molecule has 0 bridgehead atoms. The van der Waals surface area contributed by atoms with E-state index in [4.69, 9.17) is 5.26 Å². The van der Waals surface area contributed by atoms with Gasteiger partial charge in [0.05, 0.1) is 27.6 Å². The SMILES string of the molecule is Cn1c(C(NS(=O)(=O)c2ccc(C#N)cc2)c2ccccc2)nc2ccccc21. The Kier molecular flexibility index (Phi) is 4.89. The Morgan fingerprint density at radius 1 is 0.966 bits per heavy atom. The van der Waals surface area contributed by atoms with Gasteiger partial charge in [0.1, 0.15) is 11.9 Å². The maximum atomic E-state index is 13.1. The number of aryl methyl sites for hydroxylation is 1. The predicted molar refractivity (Wildman–Crippen MR) is 110 cm³/mol. The topological polar surface area (TPSA) is 87.8 Å². The Morgan fingerprint density at radius 3 is 2.28 bits per heavy atom. The molecule has 6 nitrogen and oxygen atoms in total. The summed E-state index contributed by atoms with van der Waals surface area (Å²) in [5.41, 5.74) is 2.89. The highest BCUT2D eigenvalue weighted by Gasteiger charge is 2.26. The summed E-state index contributed by atoms with van der Waals surface area (Å²) in [6.07, 6.45) is 0. The van der Waals surface area contributed by atoms with Crippen molar-refractivity contribution in [2.24, 2.45) is 7.05 Å². The number of benzene rings is 3. The number of sulfonamides is 1. The Bertz CT molecular complexity index is 1300. The van der Waals surface area contributed by atoms with Crippen LogP contribution in [0, 0.1) is 11.3 Å². The Morgan fingerprint density at radius 2 is 1.62 bits per heavy atom. The van der Waals surface area contributed by atoms with Gasteiger partial charge in [-0.1, -0.05) is 42.5 Å². The van der Waals surface area contributed by atoms with Gasteiger partial charge >= 0.3 is 0 Å². The predicted octanol–water partition coefficient (Wildman–Crippen LogP) is 3.51. The van der Waals surface area contributed by atoms with Crippen LogP contribution in [0.4, 0.5) is 0 Å². The summed E-state index contributed by atoms with van der Waals surface area (Å²) in [5, 5.41) is 8.95. The average molecular weight is 402 g/mol. The fraction of sp³-hybridized carbons (Fsp3) is 0.0909. The largest absolute Gasteiger partial charge is 0.329 e. The molecular weight excluding hydrogens is 384 g/mol. The molecule has 4 aromatic rings. The van der Waals surface area contributed by atoms with Crippen molar-refractivity contribution in [2.45, 2.75) is 10.9 Å². The van der Waals surface area contributed by atoms with E-state index in [2.05, 4.69) is 9.71 Å². The minimum Gasteiger partial charge on any atom is -0.329 e. The van der Waals surface area contributed by atoms with Crippen molar-refractivity contribution >= 4 is 21.1 Å². The van der Waals surface area contributed by atoms with E-state index in [1.165, 1.54) is 24.3 Å². The summed E-state index contributed by atoms with van der Waals surface area (Å²) in [4.78, 5) is 4.78. The molecule has 0 saturated heterocycles. The molecule has 0 aliphatic rings. The van der Waals surface area contributed by atoms with E-state index in [1.54, 1.807) is 0 Å². The molecule has 1 heterocycles. The van der Waals surface area contributed by atoms with Gasteiger partial charge in [0.25, 0.3) is 0 Å². The summed E-state index contributed by atoms with van der Waals surface area (Å²) in [6.45, 7) is 0. The molecule has 3 aromatic carbocycles. The lowest BCUT2D eigenvalue weighted by atomic mass is 10.1. The average Bonchev–Trinajstić information content (AvgIpc) is 3.09. The zero-order valence-corrected chi connectivity index (χ0v) is 16.5. The minimum absolute atomic E-state index is 0.0937. The summed E-state index contributed by atoms with van der Waals surface area (Å²) in [6, 6.07) is 24.2. The van der Waals surface area contributed by atoms with Crippen LogP contribution in [0.15, 0.2) is 83.8 Å². The van der Waals surface area contributed by atoms with E-state index in [9.17, 15) is 8.42 Å². The number of para-hydroxylation sites is 2. The zero-order chi connectivity index (χ0) is 20.4. The van der Waals surface area contributed by atoms with E-state index in [1.807, 2.05) is 72.3 Å². The number of hydrogen-bond donors (Lipinski definition) is 1. The quantitative estimate of drug-likeness (QED) is 0.553. The third kappa shape index (κ3) is 3.63. The Labute approximate surface area is 169 Å². The number of nitrogens with zero attached hydrogens (tertiary/aromatic N) is 3. The van der Waals surface area contributed by atoms with Crippen molar-refractivity contribution in [2.75, 3.05) is 0 Å². The maximum Gasteiger partial charge on any atom is 0.241 e. The molecule has 0 fully saturated rings. The number of rotatable bonds is 5. The summed E-state index contributed by atoms with van der Waals surface area (Å²) in [5.74, 6) is 0.592. The van der Waals surface area contributed by atoms with E-state index in [0.29, 0.717) is 11.4 Å². The number of nitriles is 1. The first-order valence-corrected chi connectivity index (χ1v) is 10.5. The summed E-state index contributed by atoms with van der Waals surface area (Å²) in [7, 11) is -1.98. The lowest BCUT2D eigenvalue weighted by Crippen LogP contribution is -2.31. The molecule has 144 valence electrons. The van der Waals surface area contributed by atoms with E-state index in [-0.39, 0.29) is 4.90 Å². The van der Waals surface area contributed by atoms with Gasteiger partial charge in [-0.3, -0.25) is 0 Å². The van der Waals surface area contributed by atoms with Gasteiger partial charge in [0.15, 0.2) is 0 Å². The maximum absolute atomic E-state index is 13.1. The second-order valence-electron chi connectivity index (χ2n) is 6.62. The second-order valence-corrected chi connectivity index (χ2v) is 8.33. The van der Waals surface area contributed by atoms with Crippen LogP contribution in [0.5, 0.6) is 0 Å². The van der Waals surface area contributed by atoms with Crippen LogP contribution in [-0.2, 0) is 17.1 Å². The third-order valence-electron chi connectivity index (χ3n) is 4.78. The fourth-order valence-electron chi connectivity index (χ4n) is 3.27. The van der Waals surface area contributed by atoms with Crippen molar-refractivity contribution in [3.05, 3.63) is 95.8 Å². The summed E-state index contributed by atoms with van der Waals surface area (Å²) < 4.78 is 30.9. The van der Waals surface area contributed by atoms with Crippen LogP contribution < -0.4 is 4.72 Å². The number of fused-ring (bicyclic) bond motifs is 1. The number of aromatic nitrogens is 2. The molecule has 0 saturated carbocycles. The Hall–Kier alpha value is -3.47. The molecule has 0 amide bonds. The fourth-order valence-corrected chi connectivity index (χ4v) is 4.45. The molecule has 0 radical (unpaired) electrons. The first-order chi connectivity index (χ1) is 14.0. The lowest BCUT2D eigenvalue weighted by Gasteiger charge is -2.19. The van der Waals surface area contributed by atoms with Crippen molar-refractivity contribution < 1.29 is 8.42 Å². The van der Waals surface area contributed by atoms with Gasteiger partial charge in [-0.15, -0.1) is 0 Å². The first kappa shape index (κ1) is 18.9. The van der Waals surface area contributed by atoms with E-state index in [0.717, 1.165) is 16.6 Å². The van der Waals surface area contributed by atoms with Crippen molar-refractivity contribution in [3.63, 3.8) is 0 Å². The highest BCUT2D eigenvalue weighted by Crippen LogP contribution is 2.27. The van der Waals surface area contributed by atoms with Crippen LogP contribution in [0.2, 0.25) is 0 Å². The van der Waals surface area contributed by atoms with Crippen molar-refractivity contribution in [1.82, 2.24) is 14.3 Å². The normalized spacial score (nSPS) is 12.6. The van der Waals surface area contributed by atoms with E-state index < -0.39 is 16.1 Å². The number of hydrogen-bond acceptors (Lipinski definition) is 4. The first-order valence-electron chi connectivity index (χ1n) is 8.98. The van der Waals surface area contributed by atoms with Gasteiger partial charge in [-0.25, -0.2) is 13.4 Å². The zero-order valence-electron chi connectivity index (χ0n) is 15.6. The van der Waals surface area contributed by atoms with Gasteiger partial charge < -0.3 is 4.57 Å². The van der Waals surface area contributed by atoms with Crippen LogP contribution in [-0.4, -0.2) is 18.0 Å². The second kappa shape index (κ2) is 7.51. The molecule has 0 spiro atoms. The summed E-state index contributed by atoms with van der Waals surface area (Å²) >= 11 is 0. The van der Waals surface area contributed by atoms with Crippen molar-refractivity contribution in [1.29, 1.82) is 5.26 Å². The molecule has 0 aliphatic carbocycles. The highest BCUT2D eigenvalue weighted by molar-refractivity contribution is 7.89. The molecule has 1 atom stereocenters. The molecule has 29 heavy (non-hydrogen) atoms. The van der Waals surface area contributed by atoms with Crippen LogP contribution in [0.25, 0.3) is 11.0 Å². The van der Waals surface area contributed by atoms with E-state index >= 15 is 0 Å². The molecule has 1 N–H and O–H groups in total. The molecular formula is C22H18N4O2S. The van der Waals surface area contributed by atoms with Crippen LogP contribution in [0.3, 0.4) is 0 Å². The monoisotopic (exact) mass is 402 g/mol. The van der Waals surface area contributed by atoms with Crippen LogP contribution >= 0.6 is 0 Å². The molecule has 1 aromatic heterocycles. The van der Waals surface area contributed by atoms with Gasteiger partial charge in [-0.05, 0) is 42.0 Å².